The zero-order valence-corrected chi connectivity index (χ0v) is 12.1. The standard InChI is InChI=1S/C16H23N3/c1-12(2)15-6-4-5-7-16(15)19-11-13(3)18-10-14(19)8-9-17/h4-7,12-14,18H,8,10-11H2,1-3H3. The third kappa shape index (κ3) is 3.08. The molecule has 0 saturated carbocycles. The molecule has 0 aliphatic carbocycles. The minimum Gasteiger partial charge on any atom is -0.364 e. The number of rotatable bonds is 3. The normalized spacial score (nSPS) is 23.4. The molecule has 2 atom stereocenters. The van der Waals surface area contributed by atoms with Gasteiger partial charge in [0, 0.05) is 24.8 Å². The SMILES string of the molecule is CC1CN(c2ccccc2C(C)C)C(CC#N)CN1. The number of nitrogens with one attached hydrogen (secondary N) is 1. The van der Waals surface area contributed by atoms with Gasteiger partial charge in [-0.2, -0.15) is 5.26 Å². The topological polar surface area (TPSA) is 39.1 Å². The summed E-state index contributed by atoms with van der Waals surface area (Å²) in [4.78, 5) is 2.42. The fraction of sp³-hybridized carbons (Fsp3) is 0.562. The molecule has 2 rings (SSSR count). The minimum atomic E-state index is 0.279. The quantitative estimate of drug-likeness (QED) is 0.905. The second-order valence-electron chi connectivity index (χ2n) is 5.69. The van der Waals surface area contributed by atoms with Gasteiger partial charge in [-0.3, -0.25) is 0 Å². The van der Waals surface area contributed by atoms with Gasteiger partial charge >= 0.3 is 0 Å². The predicted molar refractivity (Wildman–Crippen MR) is 79.4 cm³/mol. The zero-order valence-electron chi connectivity index (χ0n) is 12.1. The number of anilines is 1. The predicted octanol–water partition coefficient (Wildman–Crippen LogP) is 2.89. The van der Waals surface area contributed by atoms with Crippen molar-refractivity contribution < 1.29 is 0 Å². The van der Waals surface area contributed by atoms with E-state index in [2.05, 4.69) is 61.3 Å². The molecule has 1 aliphatic rings. The lowest BCUT2D eigenvalue weighted by Gasteiger charge is -2.41. The first-order chi connectivity index (χ1) is 9.13. The monoisotopic (exact) mass is 257 g/mol. The Morgan fingerprint density at radius 2 is 2.16 bits per heavy atom. The second kappa shape index (κ2) is 6.08. The van der Waals surface area contributed by atoms with Crippen LogP contribution in [0.2, 0.25) is 0 Å². The molecular weight excluding hydrogens is 234 g/mol. The fourth-order valence-corrected chi connectivity index (χ4v) is 2.78. The van der Waals surface area contributed by atoms with Crippen molar-refractivity contribution in [2.45, 2.75) is 45.2 Å². The van der Waals surface area contributed by atoms with E-state index in [4.69, 9.17) is 5.26 Å². The van der Waals surface area contributed by atoms with E-state index in [1.807, 2.05) is 0 Å². The summed E-state index contributed by atoms with van der Waals surface area (Å²) in [6, 6.07) is 11.7. The molecule has 0 amide bonds. The van der Waals surface area contributed by atoms with Crippen LogP contribution in [0.25, 0.3) is 0 Å². The lowest BCUT2D eigenvalue weighted by molar-refractivity contribution is 0.411. The van der Waals surface area contributed by atoms with Crippen LogP contribution in [0.4, 0.5) is 5.69 Å². The Morgan fingerprint density at radius 1 is 1.42 bits per heavy atom. The maximum absolute atomic E-state index is 9.02. The van der Waals surface area contributed by atoms with Crippen LogP contribution in [-0.2, 0) is 0 Å². The van der Waals surface area contributed by atoms with Gasteiger partial charge in [0.15, 0.2) is 0 Å². The average Bonchev–Trinajstić information content (AvgIpc) is 2.41. The van der Waals surface area contributed by atoms with E-state index >= 15 is 0 Å². The zero-order chi connectivity index (χ0) is 13.8. The third-order valence-electron chi connectivity index (χ3n) is 3.81. The first kappa shape index (κ1) is 13.9. The molecule has 1 saturated heterocycles. The summed E-state index contributed by atoms with van der Waals surface area (Å²) in [7, 11) is 0. The van der Waals surface area contributed by atoms with Crippen LogP contribution in [0.15, 0.2) is 24.3 Å². The van der Waals surface area contributed by atoms with Crippen LogP contribution >= 0.6 is 0 Å². The van der Waals surface area contributed by atoms with Gasteiger partial charge in [0.2, 0.25) is 0 Å². The number of piperazine rings is 1. The van der Waals surface area contributed by atoms with Crippen molar-refractivity contribution in [1.82, 2.24) is 5.32 Å². The highest BCUT2D eigenvalue weighted by molar-refractivity contribution is 5.56. The molecule has 0 radical (unpaired) electrons. The van der Waals surface area contributed by atoms with Gasteiger partial charge in [-0.05, 0) is 24.5 Å². The van der Waals surface area contributed by atoms with Gasteiger partial charge in [0.05, 0.1) is 18.5 Å². The molecule has 1 N–H and O–H groups in total. The van der Waals surface area contributed by atoms with Crippen molar-refractivity contribution >= 4 is 5.69 Å². The number of benzene rings is 1. The molecule has 19 heavy (non-hydrogen) atoms. The van der Waals surface area contributed by atoms with Gasteiger partial charge < -0.3 is 10.2 Å². The summed E-state index contributed by atoms with van der Waals surface area (Å²) in [6.45, 7) is 8.51. The van der Waals surface area contributed by atoms with Crippen molar-refractivity contribution in [1.29, 1.82) is 5.26 Å². The van der Waals surface area contributed by atoms with E-state index in [1.54, 1.807) is 0 Å². The van der Waals surface area contributed by atoms with E-state index in [1.165, 1.54) is 11.3 Å². The molecule has 3 nitrogen and oxygen atoms in total. The van der Waals surface area contributed by atoms with Crippen LogP contribution in [0.3, 0.4) is 0 Å². The Morgan fingerprint density at radius 3 is 2.84 bits per heavy atom. The fourth-order valence-electron chi connectivity index (χ4n) is 2.78. The van der Waals surface area contributed by atoms with Crippen molar-refractivity contribution in [3.05, 3.63) is 29.8 Å². The summed E-state index contributed by atoms with van der Waals surface area (Å²) >= 11 is 0. The summed E-state index contributed by atoms with van der Waals surface area (Å²) in [5.41, 5.74) is 2.67. The van der Waals surface area contributed by atoms with Crippen LogP contribution in [0.5, 0.6) is 0 Å². The Bertz CT molecular complexity index is 461. The van der Waals surface area contributed by atoms with Gasteiger partial charge in [-0.25, -0.2) is 0 Å². The molecule has 3 heteroatoms. The Kier molecular flexibility index (Phi) is 4.44. The van der Waals surface area contributed by atoms with Crippen LogP contribution in [0, 0.1) is 11.3 Å². The molecule has 102 valence electrons. The third-order valence-corrected chi connectivity index (χ3v) is 3.81. The van der Waals surface area contributed by atoms with Crippen LogP contribution in [-0.4, -0.2) is 25.2 Å². The van der Waals surface area contributed by atoms with E-state index in [-0.39, 0.29) is 6.04 Å². The number of nitriles is 1. The molecule has 2 unspecified atom stereocenters. The second-order valence-corrected chi connectivity index (χ2v) is 5.69. The van der Waals surface area contributed by atoms with Gasteiger partial charge in [-0.15, -0.1) is 0 Å². The molecule has 0 bridgehead atoms. The molecule has 0 aromatic heterocycles. The van der Waals surface area contributed by atoms with Gasteiger partial charge in [-0.1, -0.05) is 32.0 Å². The molecule has 1 aliphatic heterocycles. The molecule has 0 spiro atoms. The summed E-state index contributed by atoms with van der Waals surface area (Å²) in [5, 5.41) is 12.5. The Hall–Kier alpha value is -1.53. The van der Waals surface area contributed by atoms with Gasteiger partial charge in [0.1, 0.15) is 0 Å². The molecule has 1 aromatic carbocycles. The highest BCUT2D eigenvalue weighted by atomic mass is 15.2. The first-order valence-electron chi connectivity index (χ1n) is 7.09. The minimum absolute atomic E-state index is 0.279. The molecule has 1 fully saturated rings. The lowest BCUT2D eigenvalue weighted by Crippen LogP contribution is -2.55. The molecular formula is C16H23N3. The molecule has 1 aromatic rings. The Balaban J connectivity index is 2.33. The number of nitrogens with zero attached hydrogens (tertiary/aromatic N) is 2. The largest absolute Gasteiger partial charge is 0.364 e. The lowest BCUT2D eigenvalue weighted by atomic mass is 9.97. The average molecular weight is 257 g/mol. The first-order valence-corrected chi connectivity index (χ1v) is 7.09. The Labute approximate surface area is 116 Å². The van der Waals surface area contributed by atoms with E-state index in [0.717, 1.165) is 13.1 Å². The maximum atomic E-state index is 9.02. The van der Waals surface area contributed by atoms with Gasteiger partial charge in [0.25, 0.3) is 0 Å². The summed E-state index contributed by atoms with van der Waals surface area (Å²) in [6.07, 6.45) is 0.576. The highest BCUT2D eigenvalue weighted by Gasteiger charge is 2.27. The van der Waals surface area contributed by atoms with E-state index in [9.17, 15) is 0 Å². The van der Waals surface area contributed by atoms with E-state index < -0.39 is 0 Å². The number of hydrogen-bond acceptors (Lipinski definition) is 3. The number of hydrogen-bond donors (Lipinski definition) is 1. The summed E-state index contributed by atoms with van der Waals surface area (Å²) < 4.78 is 0. The smallest absolute Gasteiger partial charge is 0.0643 e. The van der Waals surface area contributed by atoms with Crippen LogP contribution < -0.4 is 10.2 Å². The van der Waals surface area contributed by atoms with Crippen molar-refractivity contribution in [3.8, 4) is 6.07 Å². The van der Waals surface area contributed by atoms with Crippen molar-refractivity contribution in [3.63, 3.8) is 0 Å². The summed E-state index contributed by atoms with van der Waals surface area (Å²) in [5.74, 6) is 0.504. The van der Waals surface area contributed by atoms with Crippen molar-refractivity contribution in [2.75, 3.05) is 18.0 Å². The maximum Gasteiger partial charge on any atom is 0.0643 e. The van der Waals surface area contributed by atoms with E-state index in [0.29, 0.717) is 18.4 Å². The van der Waals surface area contributed by atoms with Crippen LogP contribution in [0.1, 0.15) is 38.7 Å². The highest BCUT2D eigenvalue weighted by Crippen LogP contribution is 2.30. The van der Waals surface area contributed by atoms with Crippen molar-refractivity contribution in [2.24, 2.45) is 0 Å². The molecule has 1 heterocycles. The number of para-hydroxylation sites is 1.